The second-order valence-corrected chi connectivity index (χ2v) is 4.25. The van der Waals surface area contributed by atoms with E-state index in [0.717, 1.165) is 39.0 Å². The van der Waals surface area contributed by atoms with Gasteiger partial charge in [-0.1, -0.05) is 26.7 Å². The molecule has 0 saturated heterocycles. The lowest BCUT2D eigenvalue weighted by Crippen LogP contribution is -2.32. The molecule has 4 heteroatoms. The SMILES string of the molecule is CCCCOCCNCC(O)COCCCC. The number of hydrogen-bond donors (Lipinski definition) is 2. The molecule has 2 N–H and O–H groups in total. The van der Waals surface area contributed by atoms with Crippen molar-refractivity contribution in [3.63, 3.8) is 0 Å². The number of rotatable bonds is 13. The molecule has 1 atom stereocenters. The minimum atomic E-state index is -0.414. The van der Waals surface area contributed by atoms with E-state index in [9.17, 15) is 5.11 Å². The zero-order chi connectivity index (χ0) is 12.8. The van der Waals surface area contributed by atoms with Crippen molar-refractivity contribution in [1.29, 1.82) is 0 Å². The quantitative estimate of drug-likeness (QED) is 0.485. The molecule has 0 aromatic carbocycles. The summed E-state index contributed by atoms with van der Waals surface area (Å²) in [5.74, 6) is 0. The van der Waals surface area contributed by atoms with Crippen LogP contribution < -0.4 is 5.32 Å². The molecule has 0 radical (unpaired) electrons. The molecule has 0 bridgehead atoms. The molecule has 0 aliphatic carbocycles. The highest BCUT2D eigenvalue weighted by Gasteiger charge is 2.02. The average Bonchev–Trinajstić information content (AvgIpc) is 2.33. The Labute approximate surface area is 106 Å². The number of aliphatic hydroxyl groups is 1. The van der Waals surface area contributed by atoms with Gasteiger partial charge in [0.05, 0.1) is 19.3 Å². The zero-order valence-electron chi connectivity index (χ0n) is 11.4. The summed E-state index contributed by atoms with van der Waals surface area (Å²) in [7, 11) is 0. The van der Waals surface area contributed by atoms with E-state index >= 15 is 0 Å². The predicted molar refractivity (Wildman–Crippen MR) is 70.3 cm³/mol. The summed E-state index contributed by atoms with van der Waals surface area (Å²) in [6, 6.07) is 0. The largest absolute Gasteiger partial charge is 0.389 e. The van der Waals surface area contributed by atoms with Gasteiger partial charge < -0.3 is 19.9 Å². The van der Waals surface area contributed by atoms with Gasteiger partial charge in [-0.15, -0.1) is 0 Å². The maximum atomic E-state index is 9.56. The number of ether oxygens (including phenoxy) is 2. The van der Waals surface area contributed by atoms with Gasteiger partial charge in [-0.3, -0.25) is 0 Å². The van der Waals surface area contributed by atoms with E-state index < -0.39 is 6.10 Å². The maximum Gasteiger partial charge on any atom is 0.0897 e. The molecule has 0 saturated carbocycles. The van der Waals surface area contributed by atoms with Gasteiger partial charge in [-0.25, -0.2) is 0 Å². The van der Waals surface area contributed by atoms with E-state index in [1.165, 1.54) is 6.42 Å². The molecule has 1 unspecified atom stereocenters. The van der Waals surface area contributed by atoms with Crippen LogP contribution in [0.15, 0.2) is 0 Å². The number of unbranched alkanes of at least 4 members (excludes halogenated alkanes) is 2. The first-order valence-electron chi connectivity index (χ1n) is 6.85. The van der Waals surface area contributed by atoms with Gasteiger partial charge in [0, 0.05) is 26.3 Å². The van der Waals surface area contributed by atoms with E-state index in [2.05, 4.69) is 19.2 Å². The van der Waals surface area contributed by atoms with Gasteiger partial charge in [0.15, 0.2) is 0 Å². The molecule has 17 heavy (non-hydrogen) atoms. The third-order valence-corrected chi connectivity index (χ3v) is 2.40. The van der Waals surface area contributed by atoms with Gasteiger partial charge in [0.25, 0.3) is 0 Å². The van der Waals surface area contributed by atoms with Crippen molar-refractivity contribution < 1.29 is 14.6 Å². The Kier molecular flexibility index (Phi) is 13.8. The van der Waals surface area contributed by atoms with Crippen LogP contribution in [-0.4, -0.2) is 50.7 Å². The van der Waals surface area contributed by atoms with Crippen molar-refractivity contribution in [1.82, 2.24) is 5.32 Å². The van der Waals surface area contributed by atoms with Crippen LogP contribution in [-0.2, 0) is 9.47 Å². The fraction of sp³-hybridized carbons (Fsp3) is 1.00. The first-order chi connectivity index (χ1) is 8.31. The molecule has 0 aliphatic rings. The fourth-order valence-electron chi connectivity index (χ4n) is 1.29. The van der Waals surface area contributed by atoms with Crippen LogP contribution in [0.5, 0.6) is 0 Å². The number of aliphatic hydroxyl groups excluding tert-OH is 1. The summed E-state index contributed by atoms with van der Waals surface area (Å²) >= 11 is 0. The van der Waals surface area contributed by atoms with E-state index in [1.807, 2.05) is 0 Å². The lowest BCUT2D eigenvalue weighted by atomic mass is 10.3. The van der Waals surface area contributed by atoms with E-state index in [4.69, 9.17) is 9.47 Å². The van der Waals surface area contributed by atoms with Gasteiger partial charge in [0.1, 0.15) is 0 Å². The van der Waals surface area contributed by atoms with Crippen molar-refractivity contribution >= 4 is 0 Å². The Hall–Kier alpha value is -0.160. The molecular formula is C13H29NO3. The highest BCUT2D eigenvalue weighted by molar-refractivity contribution is 4.58. The minimum Gasteiger partial charge on any atom is -0.389 e. The first-order valence-corrected chi connectivity index (χ1v) is 6.85. The first kappa shape index (κ1) is 16.8. The Morgan fingerprint density at radius 3 is 2.29 bits per heavy atom. The molecule has 0 amide bonds. The van der Waals surface area contributed by atoms with Gasteiger partial charge in [-0.05, 0) is 12.8 Å². The lowest BCUT2D eigenvalue weighted by molar-refractivity contribution is 0.0346. The maximum absolute atomic E-state index is 9.56. The summed E-state index contributed by atoms with van der Waals surface area (Å²) in [6.07, 6.45) is 4.06. The summed E-state index contributed by atoms with van der Waals surface area (Å²) in [4.78, 5) is 0. The summed E-state index contributed by atoms with van der Waals surface area (Å²) < 4.78 is 10.7. The molecule has 4 nitrogen and oxygen atoms in total. The second-order valence-electron chi connectivity index (χ2n) is 4.25. The van der Waals surface area contributed by atoms with Crippen LogP contribution in [0.25, 0.3) is 0 Å². The lowest BCUT2D eigenvalue weighted by Gasteiger charge is -2.12. The van der Waals surface area contributed by atoms with E-state index in [1.54, 1.807) is 0 Å². The normalized spacial score (nSPS) is 12.9. The molecule has 104 valence electrons. The van der Waals surface area contributed by atoms with E-state index in [-0.39, 0.29) is 0 Å². The van der Waals surface area contributed by atoms with Crippen LogP contribution in [0.2, 0.25) is 0 Å². The smallest absolute Gasteiger partial charge is 0.0897 e. The minimum absolute atomic E-state index is 0.414. The Balaban J connectivity index is 3.08. The van der Waals surface area contributed by atoms with E-state index in [0.29, 0.717) is 19.8 Å². The Morgan fingerprint density at radius 2 is 1.65 bits per heavy atom. The topological polar surface area (TPSA) is 50.7 Å². The summed E-state index contributed by atoms with van der Waals surface area (Å²) in [6.45, 7) is 8.34. The fourth-order valence-corrected chi connectivity index (χ4v) is 1.29. The Bertz CT molecular complexity index is 145. The molecule has 0 aromatic rings. The van der Waals surface area contributed by atoms with Crippen LogP contribution in [0, 0.1) is 0 Å². The van der Waals surface area contributed by atoms with Crippen LogP contribution in [0.1, 0.15) is 39.5 Å². The highest BCUT2D eigenvalue weighted by Crippen LogP contribution is 1.90. The van der Waals surface area contributed by atoms with Crippen LogP contribution >= 0.6 is 0 Å². The molecule has 0 aliphatic heterocycles. The molecule has 0 heterocycles. The molecule has 0 spiro atoms. The molecular weight excluding hydrogens is 218 g/mol. The van der Waals surface area contributed by atoms with Gasteiger partial charge >= 0.3 is 0 Å². The monoisotopic (exact) mass is 247 g/mol. The third kappa shape index (κ3) is 13.8. The van der Waals surface area contributed by atoms with Crippen molar-refractivity contribution in [3.05, 3.63) is 0 Å². The Morgan fingerprint density at radius 1 is 1.00 bits per heavy atom. The van der Waals surface area contributed by atoms with Crippen molar-refractivity contribution in [2.45, 2.75) is 45.6 Å². The average molecular weight is 247 g/mol. The van der Waals surface area contributed by atoms with Crippen molar-refractivity contribution in [2.75, 3.05) is 39.5 Å². The van der Waals surface area contributed by atoms with Crippen LogP contribution in [0.3, 0.4) is 0 Å². The molecule has 0 fully saturated rings. The standard InChI is InChI=1S/C13H29NO3/c1-3-5-8-16-10-7-14-11-13(15)12-17-9-6-4-2/h13-15H,3-12H2,1-2H3. The van der Waals surface area contributed by atoms with Crippen molar-refractivity contribution in [2.24, 2.45) is 0 Å². The second kappa shape index (κ2) is 13.9. The molecule has 0 aromatic heterocycles. The number of hydrogen-bond acceptors (Lipinski definition) is 4. The third-order valence-electron chi connectivity index (χ3n) is 2.40. The summed E-state index contributed by atoms with van der Waals surface area (Å²) in [5.41, 5.74) is 0. The number of nitrogens with one attached hydrogen (secondary N) is 1. The zero-order valence-corrected chi connectivity index (χ0v) is 11.4. The van der Waals surface area contributed by atoms with Crippen LogP contribution in [0.4, 0.5) is 0 Å². The summed E-state index contributed by atoms with van der Waals surface area (Å²) in [5, 5.41) is 12.7. The highest BCUT2D eigenvalue weighted by atomic mass is 16.5. The molecule has 0 rings (SSSR count). The van der Waals surface area contributed by atoms with Gasteiger partial charge in [0.2, 0.25) is 0 Å². The van der Waals surface area contributed by atoms with Gasteiger partial charge in [-0.2, -0.15) is 0 Å². The van der Waals surface area contributed by atoms with Crippen molar-refractivity contribution in [3.8, 4) is 0 Å². The predicted octanol–water partition coefficient (Wildman–Crippen LogP) is 1.57.